The molecule has 0 radical (unpaired) electrons. The summed E-state index contributed by atoms with van der Waals surface area (Å²) in [4.78, 5) is 14.3. The van der Waals surface area contributed by atoms with Crippen LogP contribution in [0.1, 0.15) is 43.7 Å². The SMILES string of the molecule is Cc1ccc(CCC2CCN(C(=O)[C@@H]3C[C@H]3C)CC2)cc1. The number of hydrogen-bond donors (Lipinski definition) is 0. The Kier molecular flexibility index (Phi) is 4.32. The Bertz CT molecular complexity index is 485. The monoisotopic (exact) mass is 285 g/mol. The summed E-state index contributed by atoms with van der Waals surface area (Å²) in [5.74, 6) is 2.22. The van der Waals surface area contributed by atoms with Crippen molar-refractivity contribution in [3.05, 3.63) is 35.4 Å². The highest BCUT2D eigenvalue weighted by Crippen LogP contribution is 2.40. The number of amides is 1. The predicted octanol–water partition coefficient (Wildman–Crippen LogP) is 3.82. The average Bonchev–Trinajstić information content (AvgIpc) is 3.23. The first-order valence-corrected chi connectivity index (χ1v) is 8.48. The van der Waals surface area contributed by atoms with Gasteiger partial charge in [-0.2, -0.15) is 0 Å². The molecule has 2 atom stereocenters. The molecule has 1 aliphatic heterocycles. The Hall–Kier alpha value is -1.31. The summed E-state index contributed by atoms with van der Waals surface area (Å²) < 4.78 is 0. The third-order valence-corrected chi connectivity index (χ3v) is 5.31. The van der Waals surface area contributed by atoms with Gasteiger partial charge >= 0.3 is 0 Å². The molecular formula is C19H27NO. The van der Waals surface area contributed by atoms with E-state index in [1.54, 1.807) is 0 Å². The molecule has 3 rings (SSSR count). The predicted molar refractivity (Wildman–Crippen MR) is 86.1 cm³/mol. The third-order valence-electron chi connectivity index (χ3n) is 5.31. The van der Waals surface area contributed by atoms with Crippen molar-refractivity contribution >= 4 is 5.91 Å². The third kappa shape index (κ3) is 3.66. The van der Waals surface area contributed by atoms with E-state index in [9.17, 15) is 4.79 Å². The maximum absolute atomic E-state index is 12.2. The molecule has 2 fully saturated rings. The van der Waals surface area contributed by atoms with E-state index in [0.29, 0.717) is 17.7 Å². The molecule has 0 bridgehead atoms. The van der Waals surface area contributed by atoms with Crippen molar-refractivity contribution in [2.24, 2.45) is 17.8 Å². The number of nitrogens with zero attached hydrogens (tertiary/aromatic N) is 1. The molecule has 0 N–H and O–H groups in total. The molecule has 0 aromatic heterocycles. The van der Waals surface area contributed by atoms with Crippen molar-refractivity contribution in [2.75, 3.05) is 13.1 Å². The molecule has 0 unspecified atom stereocenters. The number of carbonyl (C=O) groups excluding carboxylic acids is 1. The lowest BCUT2D eigenvalue weighted by atomic mass is 9.90. The van der Waals surface area contributed by atoms with Crippen LogP contribution < -0.4 is 0 Å². The Labute approximate surface area is 128 Å². The summed E-state index contributed by atoms with van der Waals surface area (Å²) in [7, 11) is 0. The molecule has 2 heteroatoms. The molecule has 2 nitrogen and oxygen atoms in total. The standard InChI is InChI=1S/C19H27NO/c1-14-3-5-16(6-4-14)7-8-17-9-11-20(12-10-17)19(21)18-13-15(18)2/h3-6,15,17-18H,7-13H2,1-2H3/t15-,18-/m1/s1. The highest BCUT2D eigenvalue weighted by molar-refractivity contribution is 5.81. The zero-order chi connectivity index (χ0) is 14.8. The highest BCUT2D eigenvalue weighted by Gasteiger charge is 2.41. The van der Waals surface area contributed by atoms with Gasteiger partial charge in [-0.3, -0.25) is 4.79 Å². The van der Waals surface area contributed by atoms with E-state index in [-0.39, 0.29) is 0 Å². The van der Waals surface area contributed by atoms with Gasteiger partial charge in [0.25, 0.3) is 0 Å². The fourth-order valence-electron chi connectivity index (χ4n) is 3.47. The van der Waals surface area contributed by atoms with E-state index in [2.05, 4.69) is 43.0 Å². The lowest BCUT2D eigenvalue weighted by molar-refractivity contribution is -0.134. The summed E-state index contributed by atoms with van der Waals surface area (Å²) in [6.07, 6.45) is 5.95. The Morgan fingerprint density at radius 2 is 1.81 bits per heavy atom. The lowest BCUT2D eigenvalue weighted by Crippen LogP contribution is -2.39. The van der Waals surface area contributed by atoms with Gasteiger partial charge in [-0.1, -0.05) is 36.8 Å². The lowest BCUT2D eigenvalue weighted by Gasteiger charge is -2.32. The van der Waals surface area contributed by atoms with E-state index in [1.165, 1.54) is 36.8 Å². The van der Waals surface area contributed by atoms with Gasteiger partial charge in [0.1, 0.15) is 0 Å². The Balaban J connectivity index is 1.41. The van der Waals surface area contributed by atoms with Crippen molar-refractivity contribution < 1.29 is 4.79 Å². The van der Waals surface area contributed by atoms with E-state index >= 15 is 0 Å². The largest absolute Gasteiger partial charge is 0.342 e. The normalized spacial score (nSPS) is 25.9. The van der Waals surface area contributed by atoms with Gasteiger partial charge in [-0.25, -0.2) is 0 Å². The molecular weight excluding hydrogens is 258 g/mol. The van der Waals surface area contributed by atoms with Crippen LogP contribution >= 0.6 is 0 Å². The second-order valence-corrected chi connectivity index (χ2v) is 7.11. The van der Waals surface area contributed by atoms with E-state index in [4.69, 9.17) is 0 Å². The number of carbonyl (C=O) groups is 1. The van der Waals surface area contributed by atoms with Gasteiger partial charge < -0.3 is 4.90 Å². The maximum atomic E-state index is 12.2. The summed E-state index contributed by atoms with van der Waals surface area (Å²) in [5, 5.41) is 0. The van der Waals surface area contributed by atoms with Crippen molar-refractivity contribution in [3.63, 3.8) is 0 Å². The molecule has 0 spiro atoms. The van der Waals surface area contributed by atoms with Gasteiger partial charge in [-0.05, 0) is 56.4 Å². The van der Waals surface area contributed by atoms with Crippen LogP contribution in [-0.2, 0) is 11.2 Å². The summed E-state index contributed by atoms with van der Waals surface area (Å²) in [6.45, 7) is 6.30. The fourth-order valence-corrected chi connectivity index (χ4v) is 3.47. The maximum Gasteiger partial charge on any atom is 0.225 e. The van der Waals surface area contributed by atoms with Gasteiger partial charge in [0, 0.05) is 19.0 Å². The van der Waals surface area contributed by atoms with Crippen LogP contribution in [0.3, 0.4) is 0 Å². The minimum atomic E-state index is 0.356. The van der Waals surface area contributed by atoms with Gasteiger partial charge in [0.2, 0.25) is 5.91 Å². The fraction of sp³-hybridized carbons (Fsp3) is 0.632. The van der Waals surface area contributed by atoms with Crippen LogP contribution in [0.5, 0.6) is 0 Å². The molecule has 1 amide bonds. The molecule has 1 heterocycles. The zero-order valence-electron chi connectivity index (χ0n) is 13.3. The molecule has 1 saturated heterocycles. The number of piperidine rings is 1. The Morgan fingerprint density at radius 3 is 2.38 bits per heavy atom. The summed E-state index contributed by atoms with van der Waals surface area (Å²) >= 11 is 0. The molecule has 2 aliphatic rings. The molecule has 1 saturated carbocycles. The first-order chi connectivity index (χ1) is 10.1. The van der Waals surface area contributed by atoms with E-state index in [1.807, 2.05) is 0 Å². The minimum absolute atomic E-state index is 0.356. The van der Waals surface area contributed by atoms with Crippen molar-refractivity contribution in [1.29, 1.82) is 0 Å². The van der Waals surface area contributed by atoms with Crippen LogP contribution in [-0.4, -0.2) is 23.9 Å². The summed E-state index contributed by atoms with van der Waals surface area (Å²) in [6, 6.07) is 8.91. The first kappa shape index (κ1) is 14.6. The van der Waals surface area contributed by atoms with Crippen molar-refractivity contribution in [1.82, 2.24) is 4.90 Å². The number of benzene rings is 1. The molecule has 1 aliphatic carbocycles. The van der Waals surface area contributed by atoms with Crippen LogP contribution in [0.4, 0.5) is 0 Å². The topological polar surface area (TPSA) is 20.3 Å². The molecule has 114 valence electrons. The first-order valence-electron chi connectivity index (χ1n) is 8.48. The van der Waals surface area contributed by atoms with Gasteiger partial charge in [-0.15, -0.1) is 0 Å². The summed E-state index contributed by atoms with van der Waals surface area (Å²) in [5.41, 5.74) is 2.78. The number of hydrogen-bond acceptors (Lipinski definition) is 1. The van der Waals surface area contributed by atoms with Crippen LogP contribution in [0, 0.1) is 24.7 Å². The smallest absolute Gasteiger partial charge is 0.225 e. The quantitative estimate of drug-likeness (QED) is 0.823. The molecule has 21 heavy (non-hydrogen) atoms. The van der Waals surface area contributed by atoms with E-state index < -0.39 is 0 Å². The van der Waals surface area contributed by atoms with Gasteiger partial charge in [0.05, 0.1) is 0 Å². The average molecular weight is 285 g/mol. The number of rotatable bonds is 4. The van der Waals surface area contributed by atoms with Crippen LogP contribution in [0.25, 0.3) is 0 Å². The minimum Gasteiger partial charge on any atom is -0.342 e. The van der Waals surface area contributed by atoms with Crippen molar-refractivity contribution in [3.8, 4) is 0 Å². The van der Waals surface area contributed by atoms with Gasteiger partial charge in [0.15, 0.2) is 0 Å². The zero-order valence-corrected chi connectivity index (χ0v) is 13.3. The van der Waals surface area contributed by atoms with Crippen molar-refractivity contribution in [2.45, 2.75) is 46.0 Å². The second kappa shape index (κ2) is 6.21. The number of likely N-dealkylation sites (tertiary alicyclic amines) is 1. The van der Waals surface area contributed by atoms with Crippen LogP contribution in [0.15, 0.2) is 24.3 Å². The van der Waals surface area contributed by atoms with E-state index in [0.717, 1.165) is 25.4 Å². The number of aryl methyl sites for hydroxylation is 2. The Morgan fingerprint density at radius 1 is 1.19 bits per heavy atom. The molecule has 1 aromatic rings. The molecule has 1 aromatic carbocycles. The van der Waals surface area contributed by atoms with Crippen LogP contribution in [0.2, 0.25) is 0 Å². The second-order valence-electron chi connectivity index (χ2n) is 7.11. The highest BCUT2D eigenvalue weighted by atomic mass is 16.2.